The van der Waals surface area contributed by atoms with Crippen molar-refractivity contribution >= 4 is 12.1 Å². The molecule has 5 nitrogen and oxygen atoms in total. The molecule has 0 unspecified atom stereocenters. The van der Waals surface area contributed by atoms with Crippen molar-refractivity contribution in [2.24, 2.45) is 0 Å². The van der Waals surface area contributed by atoms with E-state index in [0.29, 0.717) is 13.0 Å². The summed E-state index contributed by atoms with van der Waals surface area (Å²) in [6.45, 7) is 6.53. The van der Waals surface area contributed by atoms with E-state index in [9.17, 15) is 9.59 Å². The minimum atomic E-state index is -0.405. The molecule has 0 spiro atoms. The van der Waals surface area contributed by atoms with Crippen LogP contribution in [0.1, 0.15) is 64.9 Å². The average Bonchev–Trinajstić information content (AvgIpc) is 2.54. The Balaban J connectivity index is 1.93. The first-order valence-corrected chi connectivity index (χ1v) is 9.03. The summed E-state index contributed by atoms with van der Waals surface area (Å²) < 4.78 is 10.4. The zero-order valence-corrected chi connectivity index (χ0v) is 15.7. The molecule has 0 radical (unpaired) electrons. The van der Waals surface area contributed by atoms with Gasteiger partial charge in [0.25, 0.3) is 0 Å². The summed E-state index contributed by atoms with van der Waals surface area (Å²) in [7, 11) is 0. The SMILES string of the molecule is CC(C)(C)OC(=O)CCCCCCCNC(=O)OCc1ccccc1. The summed E-state index contributed by atoms with van der Waals surface area (Å²) in [6.07, 6.45) is 4.92. The number of alkyl carbamates (subject to hydrolysis) is 1. The topological polar surface area (TPSA) is 64.6 Å². The van der Waals surface area contributed by atoms with E-state index in [0.717, 1.165) is 37.7 Å². The van der Waals surface area contributed by atoms with Gasteiger partial charge in [-0.05, 0) is 39.2 Å². The van der Waals surface area contributed by atoms with E-state index in [1.807, 2.05) is 51.1 Å². The fraction of sp³-hybridized carbons (Fsp3) is 0.600. The number of unbranched alkanes of at least 4 members (excludes halogenated alkanes) is 4. The highest BCUT2D eigenvalue weighted by Gasteiger charge is 2.15. The summed E-state index contributed by atoms with van der Waals surface area (Å²) in [5.74, 6) is -0.129. The van der Waals surface area contributed by atoms with E-state index in [-0.39, 0.29) is 18.7 Å². The Labute approximate surface area is 151 Å². The standard InChI is InChI=1S/C20H31NO4/c1-20(2,3)25-18(22)14-10-5-4-6-11-15-21-19(23)24-16-17-12-8-7-9-13-17/h7-9,12-13H,4-6,10-11,14-16H2,1-3H3,(H,21,23). The maximum atomic E-state index is 11.6. The van der Waals surface area contributed by atoms with Crippen molar-refractivity contribution in [3.63, 3.8) is 0 Å². The molecule has 0 aliphatic carbocycles. The van der Waals surface area contributed by atoms with Gasteiger partial charge in [-0.2, -0.15) is 0 Å². The summed E-state index contributed by atoms with van der Waals surface area (Å²) in [5, 5.41) is 2.75. The van der Waals surface area contributed by atoms with E-state index >= 15 is 0 Å². The molecule has 0 atom stereocenters. The van der Waals surface area contributed by atoms with Gasteiger partial charge in [-0.15, -0.1) is 0 Å². The molecular weight excluding hydrogens is 318 g/mol. The Morgan fingerprint density at radius 3 is 2.28 bits per heavy atom. The number of rotatable bonds is 10. The molecule has 5 heteroatoms. The molecule has 0 aromatic heterocycles. The van der Waals surface area contributed by atoms with Crippen LogP contribution in [0.5, 0.6) is 0 Å². The monoisotopic (exact) mass is 349 g/mol. The fourth-order valence-corrected chi connectivity index (χ4v) is 2.28. The van der Waals surface area contributed by atoms with Crippen molar-refractivity contribution in [2.45, 2.75) is 71.5 Å². The number of carbonyl (C=O) groups excluding carboxylic acids is 2. The smallest absolute Gasteiger partial charge is 0.407 e. The fourth-order valence-electron chi connectivity index (χ4n) is 2.28. The van der Waals surface area contributed by atoms with Crippen LogP contribution in [0.4, 0.5) is 4.79 Å². The van der Waals surface area contributed by atoms with Crippen LogP contribution in [0.25, 0.3) is 0 Å². The van der Waals surface area contributed by atoms with Crippen LogP contribution in [0, 0.1) is 0 Å². The number of esters is 1. The third kappa shape index (κ3) is 12.0. The van der Waals surface area contributed by atoms with Gasteiger partial charge in [0.15, 0.2) is 0 Å². The molecule has 0 fully saturated rings. The number of nitrogens with one attached hydrogen (secondary N) is 1. The molecular formula is C20H31NO4. The molecule has 140 valence electrons. The number of ether oxygens (including phenoxy) is 2. The lowest BCUT2D eigenvalue weighted by molar-refractivity contribution is -0.154. The summed E-state index contributed by atoms with van der Waals surface area (Å²) in [5.41, 5.74) is 0.570. The lowest BCUT2D eigenvalue weighted by atomic mass is 10.1. The van der Waals surface area contributed by atoms with Gasteiger partial charge in [0, 0.05) is 13.0 Å². The van der Waals surface area contributed by atoms with Gasteiger partial charge in [-0.1, -0.05) is 49.6 Å². The first-order valence-electron chi connectivity index (χ1n) is 9.03. The Hall–Kier alpha value is -2.04. The van der Waals surface area contributed by atoms with Crippen LogP contribution in [0.3, 0.4) is 0 Å². The predicted molar refractivity (Wildman–Crippen MR) is 98.2 cm³/mol. The quantitative estimate of drug-likeness (QED) is 0.495. The maximum Gasteiger partial charge on any atom is 0.407 e. The summed E-state index contributed by atoms with van der Waals surface area (Å²) >= 11 is 0. The molecule has 0 saturated heterocycles. The first-order chi connectivity index (χ1) is 11.9. The van der Waals surface area contributed by atoms with Gasteiger partial charge in [-0.25, -0.2) is 4.79 Å². The zero-order valence-electron chi connectivity index (χ0n) is 15.7. The van der Waals surface area contributed by atoms with Crippen molar-refractivity contribution in [1.29, 1.82) is 0 Å². The van der Waals surface area contributed by atoms with Crippen molar-refractivity contribution in [3.8, 4) is 0 Å². The Morgan fingerprint density at radius 2 is 1.60 bits per heavy atom. The minimum absolute atomic E-state index is 0.129. The van der Waals surface area contributed by atoms with Crippen LogP contribution in [0.2, 0.25) is 0 Å². The second-order valence-electron chi connectivity index (χ2n) is 7.09. The lowest BCUT2D eigenvalue weighted by Crippen LogP contribution is -2.25. The maximum absolute atomic E-state index is 11.6. The molecule has 0 aliphatic heterocycles. The van der Waals surface area contributed by atoms with Crippen molar-refractivity contribution in [1.82, 2.24) is 5.32 Å². The Kier molecular flexibility index (Phi) is 9.66. The van der Waals surface area contributed by atoms with E-state index in [1.165, 1.54) is 0 Å². The number of carbonyl (C=O) groups is 2. The minimum Gasteiger partial charge on any atom is -0.460 e. The van der Waals surface area contributed by atoms with Crippen LogP contribution in [-0.4, -0.2) is 24.2 Å². The highest BCUT2D eigenvalue weighted by atomic mass is 16.6. The van der Waals surface area contributed by atoms with Crippen LogP contribution in [0.15, 0.2) is 30.3 Å². The molecule has 0 saturated carbocycles. The number of hydrogen-bond acceptors (Lipinski definition) is 4. The lowest BCUT2D eigenvalue weighted by Gasteiger charge is -2.19. The zero-order chi connectivity index (χ0) is 18.5. The molecule has 25 heavy (non-hydrogen) atoms. The Bertz CT molecular complexity index is 508. The second kappa shape index (κ2) is 11.5. The van der Waals surface area contributed by atoms with Gasteiger partial charge < -0.3 is 14.8 Å². The van der Waals surface area contributed by atoms with E-state index < -0.39 is 5.60 Å². The van der Waals surface area contributed by atoms with E-state index in [2.05, 4.69) is 5.32 Å². The van der Waals surface area contributed by atoms with Crippen molar-refractivity contribution in [3.05, 3.63) is 35.9 Å². The molecule has 0 aliphatic rings. The number of amides is 1. The Morgan fingerprint density at radius 1 is 0.960 bits per heavy atom. The molecule has 0 bridgehead atoms. The van der Waals surface area contributed by atoms with Gasteiger partial charge in [0.2, 0.25) is 0 Å². The number of benzene rings is 1. The summed E-state index contributed by atoms with van der Waals surface area (Å²) in [6, 6.07) is 9.60. The molecule has 1 aromatic carbocycles. The third-order valence-corrected chi connectivity index (χ3v) is 3.46. The van der Waals surface area contributed by atoms with Gasteiger partial charge >= 0.3 is 12.1 Å². The average molecular weight is 349 g/mol. The van der Waals surface area contributed by atoms with Crippen molar-refractivity contribution < 1.29 is 19.1 Å². The molecule has 1 N–H and O–H groups in total. The van der Waals surface area contributed by atoms with Crippen molar-refractivity contribution in [2.75, 3.05) is 6.54 Å². The van der Waals surface area contributed by atoms with Crippen LogP contribution in [-0.2, 0) is 20.9 Å². The van der Waals surface area contributed by atoms with Gasteiger partial charge in [-0.3, -0.25) is 4.79 Å². The van der Waals surface area contributed by atoms with Gasteiger partial charge in [0.1, 0.15) is 12.2 Å². The normalized spacial score (nSPS) is 11.0. The highest BCUT2D eigenvalue weighted by molar-refractivity contribution is 5.69. The van der Waals surface area contributed by atoms with E-state index in [1.54, 1.807) is 0 Å². The van der Waals surface area contributed by atoms with Gasteiger partial charge in [0.05, 0.1) is 0 Å². The summed E-state index contributed by atoms with van der Waals surface area (Å²) in [4.78, 5) is 23.1. The molecule has 0 heterocycles. The number of hydrogen-bond donors (Lipinski definition) is 1. The highest BCUT2D eigenvalue weighted by Crippen LogP contribution is 2.11. The largest absolute Gasteiger partial charge is 0.460 e. The second-order valence-corrected chi connectivity index (χ2v) is 7.09. The third-order valence-electron chi connectivity index (χ3n) is 3.46. The van der Waals surface area contributed by atoms with Crippen LogP contribution >= 0.6 is 0 Å². The first kappa shape index (κ1) is 21.0. The van der Waals surface area contributed by atoms with Crippen LogP contribution < -0.4 is 5.32 Å². The predicted octanol–water partition coefficient (Wildman–Crippen LogP) is 4.60. The van der Waals surface area contributed by atoms with E-state index in [4.69, 9.17) is 9.47 Å². The molecule has 1 aromatic rings. The molecule has 1 amide bonds. The molecule has 1 rings (SSSR count).